The molecule has 0 saturated carbocycles. The van der Waals surface area contributed by atoms with Crippen molar-refractivity contribution in [3.05, 3.63) is 18.0 Å². The van der Waals surface area contributed by atoms with Gasteiger partial charge in [0.05, 0.1) is 5.69 Å². The van der Waals surface area contributed by atoms with Gasteiger partial charge < -0.3 is 5.32 Å². The molecule has 1 N–H and O–H groups in total. The van der Waals surface area contributed by atoms with Crippen molar-refractivity contribution in [2.45, 2.75) is 52.7 Å². The molecule has 0 aromatic carbocycles. The number of piperidine rings is 1. The van der Waals surface area contributed by atoms with E-state index in [2.05, 4.69) is 55.3 Å². The quantitative estimate of drug-likeness (QED) is 0.886. The second-order valence-corrected chi connectivity index (χ2v) is 6.05. The summed E-state index contributed by atoms with van der Waals surface area (Å²) in [4.78, 5) is 2.53. The molecule has 1 aromatic heterocycles. The van der Waals surface area contributed by atoms with Gasteiger partial charge in [-0.3, -0.25) is 9.58 Å². The first-order valence-corrected chi connectivity index (χ1v) is 7.60. The Balaban J connectivity index is 1.87. The van der Waals surface area contributed by atoms with Crippen LogP contribution >= 0.6 is 0 Å². The lowest BCUT2D eigenvalue weighted by atomic mass is 9.94. The Hall–Kier alpha value is -0.870. The third kappa shape index (κ3) is 3.80. The molecule has 2 atom stereocenters. The lowest BCUT2D eigenvalue weighted by Crippen LogP contribution is -2.47. The van der Waals surface area contributed by atoms with E-state index in [1.54, 1.807) is 0 Å². The molecule has 0 amide bonds. The van der Waals surface area contributed by atoms with Crippen LogP contribution in [0.1, 0.15) is 45.9 Å². The molecule has 4 heteroatoms. The molecule has 0 bridgehead atoms. The van der Waals surface area contributed by atoms with Crippen molar-refractivity contribution in [1.82, 2.24) is 20.0 Å². The molecule has 0 radical (unpaired) electrons. The summed E-state index contributed by atoms with van der Waals surface area (Å²) in [6.45, 7) is 13.3. The maximum Gasteiger partial charge on any atom is 0.0764 e. The summed E-state index contributed by atoms with van der Waals surface area (Å²) in [6.07, 6.45) is 3.34. The van der Waals surface area contributed by atoms with Gasteiger partial charge in [0.2, 0.25) is 0 Å². The Kier molecular flexibility index (Phi) is 4.99. The molecule has 4 nitrogen and oxygen atoms in total. The molecule has 108 valence electrons. The fourth-order valence-electron chi connectivity index (χ4n) is 2.92. The first-order chi connectivity index (χ1) is 9.10. The van der Waals surface area contributed by atoms with E-state index in [4.69, 9.17) is 0 Å². The van der Waals surface area contributed by atoms with E-state index in [-0.39, 0.29) is 0 Å². The van der Waals surface area contributed by atoms with Crippen molar-refractivity contribution < 1.29 is 0 Å². The lowest BCUT2D eigenvalue weighted by molar-refractivity contribution is 0.140. The van der Waals surface area contributed by atoms with Crippen LogP contribution in [0.3, 0.4) is 0 Å². The summed E-state index contributed by atoms with van der Waals surface area (Å²) in [5.74, 6) is 0.723. The van der Waals surface area contributed by atoms with Crippen LogP contribution in [0.25, 0.3) is 0 Å². The third-order valence-electron chi connectivity index (χ3n) is 4.03. The van der Waals surface area contributed by atoms with E-state index in [0.717, 1.165) is 19.0 Å². The minimum Gasteiger partial charge on any atom is -0.314 e. The van der Waals surface area contributed by atoms with Gasteiger partial charge in [-0.05, 0) is 38.8 Å². The molecular weight excluding hydrogens is 236 g/mol. The average molecular weight is 264 g/mol. The van der Waals surface area contributed by atoms with E-state index in [1.807, 2.05) is 4.68 Å². The molecule has 0 spiro atoms. The van der Waals surface area contributed by atoms with Crippen molar-refractivity contribution in [2.75, 3.05) is 19.6 Å². The highest BCUT2D eigenvalue weighted by atomic mass is 15.3. The van der Waals surface area contributed by atoms with Crippen LogP contribution in [0.2, 0.25) is 0 Å². The van der Waals surface area contributed by atoms with Gasteiger partial charge in [-0.2, -0.15) is 5.10 Å². The average Bonchev–Trinajstić information content (AvgIpc) is 2.81. The number of likely N-dealkylation sites (tertiary alicyclic amines) is 1. The van der Waals surface area contributed by atoms with Crippen LogP contribution in [-0.2, 0) is 6.54 Å². The molecule has 19 heavy (non-hydrogen) atoms. The number of aromatic nitrogens is 2. The Morgan fingerprint density at radius 1 is 1.47 bits per heavy atom. The maximum atomic E-state index is 4.64. The van der Waals surface area contributed by atoms with Gasteiger partial charge in [0, 0.05) is 37.9 Å². The first-order valence-electron chi connectivity index (χ1n) is 7.60. The SMILES string of the molecule is CCNC1CCN(Cc2ccn(C(C)C)n2)CC1C. The highest BCUT2D eigenvalue weighted by Crippen LogP contribution is 2.18. The molecular formula is C15H28N4. The van der Waals surface area contributed by atoms with Gasteiger partial charge >= 0.3 is 0 Å². The van der Waals surface area contributed by atoms with Gasteiger partial charge in [0.1, 0.15) is 0 Å². The smallest absolute Gasteiger partial charge is 0.0764 e. The van der Waals surface area contributed by atoms with Crippen LogP contribution in [0, 0.1) is 5.92 Å². The summed E-state index contributed by atoms with van der Waals surface area (Å²) >= 11 is 0. The summed E-state index contributed by atoms with van der Waals surface area (Å²) in [5, 5.41) is 8.23. The van der Waals surface area contributed by atoms with Gasteiger partial charge in [-0.1, -0.05) is 13.8 Å². The normalized spacial score (nSPS) is 25.1. The zero-order chi connectivity index (χ0) is 13.8. The van der Waals surface area contributed by atoms with Crippen LogP contribution in [0.15, 0.2) is 12.3 Å². The molecule has 2 rings (SSSR count). The van der Waals surface area contributed by atoms with Gasteiger partial charge in [-0.15, -0.1) is 0 Å². The number of hydrogen-bond donors (Lipinski definition) is 1. The minimum atomic E-state index is 0.451. The Labute approximate surface area is 117 Å². The Morgan fingerprint density at radius 2 is 2.26 bits per heavy atom. The third-order valence-corrected chi connectivity index (χ3v) is 4.03. The van der Waals surface area contributed by atoms with E-state index in [9.17, 15) is 0 Å². The van der Waals surface area contributed by atoms with Crippen molar-refractivity contribution in [3.63, 3.8) is 0 Å². The summed E-state index contributed by atoms with van der Waals surface area (Å²) in [5.41, 5.74) is 1.20. The van der Waals surface area contributed by atoms with Crippen LogP contribution in [0.4, 0.5) is 0 Å². The predicted molar refractivity (Wildman–Crippen MR) is 79.1 cm³/mol. The van der Waals surface area contributed by atoms with Gasteiger partial charge in [-0.25, -0.2) is 0 Å². The largest absolute Gasteiger partial charge is 0.314 e. The number of nitrogens with one attached hydrogen (secondary N) is 1. The second kappa shape index (κ2) is 6.53. The molecule has 0 aliphatic carbocycles. The summed E-state index contributed by atoms with van der Waals surface area (Å²) < 4.78 is 2.05. The number of hydrogen-bond acceptors (Lipinski definition) is 3. The topological polar surface area (TPSA) is 33.1 Å². The molecule has 1 aliphatic rings. The summed E-state index contributed by atoms with van der Waals surface area (Å²) in [7, 11) is 0. The Morgan fingerprint density at radius 3 is 2.84 bits per heavy atom. The van der Waals surface area contributed by atoms with E-state index < -0.39 is 0 Å². The van der Waals surface area contributed by atoms with E-state index >= 15 is 0 Å². The van der Waals surface area contributed by atoms with E-state index in [1.165, 1.54) is 25.2 Å². The summed E-state index contributed by atoms with van der Waals surface area (Å²) in [6, 6.07) is 3.29. The fraction of sp³-hybridized carbons (Fsp3) is 0.800. The zero-order valence-electron chi connectivity index (χ0n) is 12.8. The minimum absolute atomic E-state index is 0.451. The predicted octanol–water partition coefficient (Wildman–Crippen LogP) is 2.28. The van der Waals surface area contributed by atoms with Crippen LogP contribution in [0.5, 0.6) is 0 Å². The van der Waals surface area contributed by atoms with Crippen molar-refractivity contribution >= 4 is 0 Å². The second-order valence-electron chi connectivity index (χ2n) is 6.05. The van der Waals surface area contributed by atoms with Crippen molar-refractivity contribution in [3.8, 4) is 0 Å². The molecule has 1 aliphatic heterocycles. The molecule has 1 aromatic rings. The number of nitrogens with zero attached hydrogens (tertiary/aromatic N) is 3. The number of rotatable bonds is 5. The highest BCUT2D eigenvalue weighted by Gasteiger charge is 2.25. The first kappa shape index (κ1) is 14.5. The van der Waals surface area contributed by atoms with Crippen LogP contribution < -0.4 is 5.32 Å². The van der Waals surface area contributed by atoms with Crippen molar-refractivity contribution in [2.24, 2.45) is 5.92 Å². The van der Waals surface area contributed by atoms with Crippen molar-refractivity contribution in [1.29, 1.82) is 0 Å². The van der Waals surface area contributed by atoms with Gasteiger partial charge in [0.15, 0.2) is 0 Å². The highest BCUT2D eigenvalue weighted by molar-refractivity contribution is 5.00. The Bertz CT molecular complexity index is 385. The molecule has 1 saturated heterocycles. The standard InChI is InChI=1S/C15H28N4/c1-5-16-15-7-8-18(10-13(15)4)11-14-6-9-19(17-14)12(2)3/h6,9,12-13,15-16H,5,7-8,10-11H2,1-4H3. The zero-order valence-corrected chi connectivity index (χ0v) is 12.8. The maximum absolute atomic E-state index is 4.64. The van der Waals surface area contributed by atoms with E-state index in [0.29, 0.717) is 12.1 Å². The monoisotopic (exact) mass is 264 g/mol. The lowest BCUT2D eigenvalue weighted by Gasteiger charge is -2.37. The molecule has 1 fully saturated rings. The van der Waals surface area contributed by atoms with Gasteiger partial charge in [0.25, 0.3) is 0 Å². The molecule has 2 heterocycles. The van der Waals surface area contributed by atoms with Crippen LogP contribution in [-0.4, -0.2) is 40.4 Å². The fourth-order valence-corrected chi connectivity index (χ4v) is 2.92. The molecule has 2 unspecified atom stereocenters.